The molecule has 1 aromatic carbocycles. The van der Waals surface area contributed by atoms with Crippen LogP contribution in [0, 0.1) is 11.7 Å². The fraction of sp³-hybridized carbons (Fsp3) is 0.529. The first-order valence-electron chi connectivity index (χ1n) is 8.00. The number of nitrogens with one attached hydrogen (secondary N) is 1. The van der Waals surface area contributed by atoms with E-state index in [1.807, 2.05) is 0 Å². The summed E-state index contributed by atoms with van der Waals surface area (Å²) in [5, 5.41) is 3.18. The molecule has 1 fully saturated rings. The largest absolute Gasteiger partial charge is 0.466 e. The van der Waals surface area contributed by atoms with Crippen molar-refractivity contribution in [3.05, 3.63) is 35.6 Å². The quantitative estimate of drug-likeness (QED) is 0.786. The van der Waals surface area contributed by atoms with Crippen molar-refractivity contribution in [2.45, 2.75) is 44.7 Å². The Bertz CT molecular complexity index is 547. The molecule has 3 atom stereocenters. The third-order valence-electron chi connectivity index (χ3n) is 4.22. The molecular formula is C17H23FN2O3. The first-order valence-corrected chi connectivity index (χ1v) is 8.00. The second-order valence-electron chi connectivity index (χ2n) is 5.80. The zero-order chi connectivity index (χ0) is 16.8. The highest BCUT2D eigenvalue weighted by molar-refractivity contribution is 5.81. The van der Waals surface area contributed by atoms with E-state index in [9.17, 15) is 14.0 Å². The van der Waals surface area contributed by atoms with Gasteiger partial charge in [0, 0.05) is 6.04 Å². The summed E-state index contributed by atoms with van der Waals surface area (Å²) in [6.45, 7) is 2.10. The van der Waals surface area contributed by atoms with Crippen molar-refractivity contribution in [2.24, 2.45) is 11.7 Å². The van der Waals surface area contributed by atoms with E-state index < -0.39 is 11.9 Å². The van der Waals surface area contributed by atoms with Crippen molar-refractivity contribution in [3.63, 3.8) is 0 Å². The Hall–Kier alpha value is -1.95. The van der Waals surface area contributed by atoms with Gasteiger partial charge in [-0.25, -0.2) is 4.39 Å². The van der Waals surface area contributed by atoms with E-state index in [2.05, 4.69) is 5.32 Å². The molecular weight excluding hydrogens is 299 g/mol. The molecule has 0 aliphatic heterocycles. The number of ether oxygens (including phenoxy) is 1. The smallest absolute Gasteiger partial charge is 0.310 e. The van der Waals surface area contributed by atoms with Gasteiger partial charge in [-0.1, -0.05) is 25.0 Å². The summed E-state index contributed by atoms with van der Waals surface area (Å²) >= 11 is 0. The normalized spacial score (nSPS) is 22.3. The Morgan fingerprint density at radius 2 is 1.96 bits per heavy atom. The van der Waals surface area contributed by atoms with Gasteiger partial charge in [-0.3, -0.25) is 14.9 Å². The summed E-state index contributed by atoms with van der Waals surface area (Å²) in [5.41, 5.74) is 6.08. The molecule has 1 amide bonds. The summed E-state index contributed by atoms with van der Waals surface area (Å²) in [5.74, 6) is -1.46. The number of primary amides is 1. The van der Waals surface area contributed by atoms with Crippen LogP contribution in [-0.4, -0.2) is 24.5 Å². The fourth-order valence-corrected chi connectivity index (χ4v) is 3.07. The summed E-state index contributed by atoms with van der Waals surface area (Å²) in [4.78, 5) is 23.9. The molecule has 0 bridgehead atoms. The highest BCUT2D eigenvalue weighted by Crippen LogP contribution is 2.28. The van der Waals surface area contributed by atoms with Crippen LogP contribution in [0.25, 0.3) is 0 Å². The van der Waals surface area contributed by atoms with Crippen LogP contribution in [0.2, 0.25) is 0 Å². The lowest BCUT2D eigenvalue weighted by Gasteiger charge is -2.33. The van der Waals surface area contributed by atoms with Gasteiger partial charge in [0.25, 0.3) is 0 Å². The number of benzene rings is 1. The van der Waals surface area contributed by atoms with Crippen LogP contribution in [0.1, 0.15) is 44.2 Å². The maximum atomic E-state index is 13.1. The zero-order valence-electron chi connectivity index (χ0n) is 13.3. The highest BCUT2D eigenvalue weighted by atomic mass is 19.1. The standard InChI is InChI=1S/C17H23FN2O3/c1-2-23-17(22)13-5-3-4-6-14(13)20-15(16(19)21)11-7-9-12(18)10-8-11/h7-10,13-15,20H,2-6H2,1H3,(H2,19,21)/t13-,14+,15+/m0/s1. The summed E-state index contributed by atoms with van der Waals surface area (Å²) < 4.78 is 18.2. The van der Waals surface area contributed by atoms with E-state index in [4.69, 9.17) is 10.5 Å². The zero-order valence-corrected chi connectivity index (χ0v) is 13.3. The van der Waals surface area contributed by atoms with Crippen molar-refractivity contribution in [3.8, 4) is 0 Å². The van der Waals surface area contributed by atoms with Crippen LogP contribution in [-0.2, 0) is 14.3 Å². The van der Waals surface area contributed by atoms with Gasteiger partial charge in [0.05, 0.1) is 12.5 Å². The van der Waals surface area contributed by atoms with Gasteiger partial charge < -0.3 is 10.5 Å². The molecule has 0 unspecified atom stereocenters. The van der Waals surface area contributed by atoms with Crippen LogP contribution < -0.4 is 11.1 Å². The summed E-state index contributed by atoms with van der Waals surface area (Å²) in [6.07, 6.45) is 3.43. The lowest BCUT2D eigenvalue weighted by molar-refractivity contribution is -0.150. The number of esters is 1. The van der Waals surface area contributed by atoms with Crippen LogP contribution >= 0.6 is 0 Å². The molecule has 6 heteroatoms. The number of hydrogen-bond donors (Lipinski definition) is 2. The number of hydrogen-bond acceptors (Lipinski definition) is 4. The molecule has 0 saturated heterocycles. The van der Waals surface area contributed by atoms with E-state index in [1.54, 1.807) is 6.92 Å². The number of halogens is 1. The number of rotatable bonds is 6. The SMILES string of the molecule is CCOC(=O)[C@H]1CCCC[C@H]1N[C@@H](C(N)=O)c1ccc(F)cc1. The van der Waals surface area contributed by atoms with Crippen molar-refractivity contribution in [1.29, 1.82) is 0 Å². The molecule has 1 saturated carbocycles. The number of carbonyl (C=O) groups is 2. The maximum Gasteiger partial charge on any atom is 0.310 e. The van der Waals surface area contributed by atoms with E-state index in [0.29, 0.717) is 12.2 Å². The minimum atomic E-state index is -0.754. The molecule has 1 aliphatic rings. The second kappa shape index (κ2) is 8.06. The van der Waals surface area contributed by atoms with E-state index in [-0.39, 0.29) is 23.7 Å². The topological polar surface area (TPSA) is 81.4 Å². The third kappa shape index (κ3) is 4.51. The first-order chi connectivity index (χ1) is 11.0. The molecule has 0 heterocycles. The van der Waals surface area contributed by atoms with Gasteiger partial charge in [0.15, 0.2) is 0 Å². The first kappa shape index (κ1) is 17.4. The number of amides is 1. The van der Waals surface area contributed by atoms with Crippen LogP contribution in [0.3, 0.4) is 0 Å². The fourth-order valence-electron chi connectivity index (χ4n) is 3.07. The lowest BCUT2D eigenvalue weighted by atomic mass is 9.83. The monoisotopic (exact) mass is 322 g/mol. The summed E-state index contributed by atoms with van der Waals surface area (Å²) in [6, 6.07) is 4.70. The van der Waals surface area contributed by atoms with Crippen molar-refractivity contribution in [2.75, 3.05) is 6.61 Å². The minimum absolute atomic E-state index is 0.176. The third-order valence-corrected chi connectivity index (χ3v) is 4.22. The Kier molecular flexibility index (Phi) is 6.10. The number of carbonyl (C=O) groups excluding carboxylic acids is 2. The average Bonchev–Trinajstić information content (AvgIpc) is 2.54. The molecule has 0 radical (unpaired) electrons. The van der Waals surface area contributed by atoms with E-state index >= 15 is 0 Å². The van der Waals surface area contributed by atoms with Gasteiger partial charge in [0.1, 0.15) is 11.9 Å². The van der Waals surface area contributed by atoms with Crippen molar-refractivity contribution < 1.29 is 18.7 Å². The molecule has 5 nitrogen and oxygen atoms in total. The Balaban J connectivity index is 2.15. The van der Waals surface area contributed by atoms with Crippen LogP contribution in [0.5, 0.6) is 0 Å². The molecule has 2 rings (SSSR count). The Labute approximate surface area is 135 Å². The Morgan fingerprint density at radius 3 is 2.57 bits per heavy atom. The minimum Gasteiger partial charge on any atom is -0.466 e. The predicted octanol–water partition coefficient (Wildman–Crippen LogP) is 2.06. The molecule has 0 spiro atoms. The van der Waals surface area contributed by atoms with Crippen molar-refractivity contribution in [1.82, 2.24) is 5.32 Å². The van der Waals surface area contributed by atoms with Crippen LogP contribution in [0.4, 0.5) is 4.39 Å². The number of nitrogens with two attached hydrogens (primary N) is 1. The second-order valence-corrected chi connectivity index (χ2v) is 5.80. The average molecular weight is 322 g/mol. The molecule has 1 aliphatic carbocycles. The molecule has 1 aromatic rings. The van der Waals surface area contributed by atoms with E-state index in [1.165, 1.54) is 24.3 Å². The molecule has 126 valence electrons. The van der Waals surface area contributed by atoms with Gasteiger partial charge in [-0.05, 0) is 37.5 Å². The van der Waals surface area contributed by atoms with Gasteiger partial charge in [-0.15, -0.1) is 0 Å². The highest BCUT2D eigenvalue weighted by Gasteiger charge is 2.34. The van der Waals surface area contributed by atoms with E-state index in [0.717, 1.165) is 25.7 Å². The van der Waals surface area contributed by atoms with Gasteiger partial charge in [-0.2, -0.15) is 0 Å². The van der Waals surface area contributed by atoms with Crippen LogP contribution in [0.15, 0.2) is 24.3 Å². The molecule has 23 heavy (non-hydrogen) atoms. The van der Waals surface area contributed by atoms with Crippen molar-refractivity contribution >= 4 is 11.9 Å². The predicted molar refractivity (Wildman–Crippen MR) is 83.9 cm³/mol. The van der Waals surface area contributed by atoms with Gasteiger partial charge in [0.2, 0.25) is 5.91 Å². The van der Waals surface area contributed by atoms with Gasteiger partial charge >= 0.3 is 5.97 Å². The Morgan fingerprint density at radius 1 is 1.30 bits per heavy atom. The maximum absolute atomic E-state index is 13.1. The molecule has 0 aromatic heterocycles. The summed E-state index contributed by atoms with van der Waals surface area (Å²) in [7, 11) is 0. The lowest BCUT2D eigenvalue weighted by Crippen LogP contribution is -2.47. The molecule has 3 N–H and O–H groups in total.